The van der Waals surface area contributed by atoms with Crippen LogP contribution < -0.4 is 5.32 Å². The van der Waals surface area contributed by atoms with E-state index in [-0.39, 0.29) is 18.0 Å². The minimum atomic E-state index is -0.248. The summed E-state index contributed by atoms with van der Waals surface area (Å²) in [5, 5.41) is 3.25. The Morgan fingerprint density at radius 3 is 2.88 bits per heavy atom. The molecule has 3 rings (SSSR count). The first-order valence-corrected chi connectivity index (χ1v) is 8.66. The first-order valence-electron chi connectivity index (χ1n) is 8.66. The average molecular weight is 326 g/mol. The lowest BCUT2D eigenvalue weighted by Crippen LogP contribution is -2.46. The van der Waals surface area contributed by atoms with Crippen LogP contribution in [0.4, 0.5) is 0 Å². The number of fused-ring (bicyclic) bond motifs is 1. The van der Waals surface area contributed by atoms with E-state index in [1.54, 1.807) is 0 Å². The first-order chi connectivity index (χ1) is 11.6. The lowest BCUT2D eigenvalue weighted by atomic mass is 10.0. The van der Waals surface area contributed by atoms with Crippen molar-refractivity contribution in [2.24, 2.45) is 0 Å². The quantitative estimate of drug-likeness (QED) is 0.917. The van der Waals surface area contributed by atoms with Gasteiger partial charge in [0.15, 0.2) is 0 Å². The van der Waals surface area contributed by atoms with Gasteiger partial charge >= 0.3 is 0 Å². The van der Waals surface area contributed by atoms with Crippen LogP contribution in [-0.4, -0.2) is 40.0 Å². The van der Waals surface area contributed by atoms with Crippen LogP contribution in [0.25, 0.3) is 0 Å². The van der Waals surface area contributed by atoms with Crippen LogP contribution in [0.1, 0.15) is 36.5 Å². The van der Waals surface area contributed by atoms with Gasteiger partial charge in [0.05, 0.1) is 5.69 Å². The molecule has 1 aromatic heterocycles. The Bertz CT molecular complexity index is 695. The molecule has 0 saturated carbocycles. The second-order valence-electron chi connectivity index (χ2n) is 6.58. The van der Waals surface area contributed by atoms with E-state index in [1.165, 1.54) is 0 Å². The largest absolute Gasteiger partial charge is 0.350 e. The summed E-state index contributed by atoms with van der Waals surface area (Å²) in [6, 6.07) is 9.91. The van der Waals surface area contributed by atoms with E-state index >= 15 is 0 Å². The summed E-state index contributed by atoms with van der Waals surface area (Å²) >= 11 is 0. The fourth-order valence-corrected chi connectivity index (χ4v) is 3.41. The molecule has 2 heterocycles. The molecule has 2 aromatic rings. The molecule has 0 saturated heterocycles. The van der Waals surface area contributed by atoms with Gasteiger partial charge in [-0.2, -0.15) is 0 Å². The number of carbonyl (C=O) groups excluding carboxylic acids is 1. The van der Waals surface area contributed by atoms with Crippen LogP contribution in [0, 0.1) is 6.92 Å². The molecule has 5 nitrogen and oxygen atoms in total. The highest BCUT2D eigenvalue weighted by Gasteiger charge is 2.28. The summed E-state index contributed by atoms with van der Waals surface area (Å²) < 4.78 is 2.17. The zero-order valence-electron chi connectivity index (χ0n) is 14.7. The minimum absolute atomic E-state index is 0.0795. The average Bonchev–Trinajstić information content (AvgIpc) is 2.95. The lowest BCUT2D eigenvalue weighted by molar-refractivity contribution is -0.127. The summed E-state index contributed by atoms with van der Waals surface area (Å²) in [5.41, 5.74) is 2.08. The molecule has 0 spiro atoms. The number of carbonyl (C=O) groups is 1. The third-order valence-electron chi connectivity index (χ3n) is 4.76. The predicted octanol–water partition coefficient (Wildman–Crippen LogP) is 2.32. The standard InChI is InChI=1S/C19H26N4O/c1-4-22(3)18(15-8-6-5-7-9-15)19(24)21-16-10-11-17-20-14(2)12-23(17)13-16/h5-9,12,16,18H,4,10-11,13H2,1-3H3,(H,21,24). The Labute approximate surface area is 143 Å². The summed E-state index contributed by atoms with van der Waals surface area (Å²) in [5.74, 6) is 1.21. The van der Waals surface area contributed by atoms with Gasteiger partial charge in [0.1, 0.15) is 11.9 Å². The fourth-order valence-electron chi connectivity index (χ4n) is 3.41. The number of aryl methyl sites for hydroxylation is 2. The van der Waals surface area contributed by atoms with E-state index in [4.69, 9.17) is 0 Å². The molecular formula is C19H26N4O. The predicted molar refractivity (Wildman–Crippen MR) is 94.7 cm³/mol. The van der Waals surface area contributed by atoms with Gasteiger partial charge in [0.2, 0.25) is 5.91 Å². The van der Waals surface area contributed by atoms with Crippen molar-refractivity contribution in [3.8, 4) is 0 Å². The monoisotopic (exact) mass is 326 g/mol. The second-order valence-corrected chi connectivity index (χ2v) is 6.58. The van der Waals surface area contributed by atoms with Crippen molar-refractivity contribution in [1.82, 2.24) is 19.8 Å². The maximum Gasteiger partial charge on any atom is 0.242 e. The number of aromatic nitrogens is 2. The van der Waals surface area contributed by atoms with Crippen LogP contribution >= 0.6 is 0 Å². The van der Waals surface area contributed by atoms with Gasteiger partial charge in [-0.15, -0.1) is 0 Å². The molecule has 1 aliphatic heterocycles. The van der Waals surface area contributed by atoms with E-state index in [1.807, 2.05) is 44.3 Å². The molecule has 1 aromatic carbocycles. The van der Waals surface area contributed by atoms with Gasteiger partial charge < -0.3 is 9.88 Å². The normalized spacial score (nSPS) is 18.2. The third-order valence-corrected chi connectivity index (χ3v) is 4.76. The smallest absolute Gasteiger partial charge is 0.242 e. The maximum atomic E-state index is 13.0. The van der Waals surface area contributed by atoms with Crippen molar-refractivity contribution in [2.75, 3.05) is 13.6 Å². The molecule has 5 heteroatoms. The summed E-state index contributed by atoms with van der Waals surface area (Å²) in [6.45, 7) is 5.71. The number of likely N-dealkylation sites (N-methyl/N-ethyl adjacent to an activating group) is 1. The van der Waals surface area contributed by atoms with Crippen molar-refractivity contribution < 1.29 is 4.79 Å². The number of imidazole rings is 1. The molecule has 1 amide bonds. The molecule has 2 atom stereocenters. The van der Waals surface area contributed by atoms with Crippen molar-refractivity contribution in [1.29, 1.82) is 0 Å². The lowest BCUT2D eigenvalue weighted by Gasteiger charge is -2.30. The SMILES string of the molecule is CCN(C)C(C(=O)NC1CCc2nc(C)cn2C1)c1ccccc1. The van der Waals surface area contributed by atoms with Gasteiger partial charge in [-0.05, 0) is 32.5 Å². The van der Waals surface area contributed by atoms with Crippen molar-refractivity contribution in [3.63, 3.8) is 0 Å². The molecule has 0 aliphatic carbocycles. The van der Waals surface area contributed by atoms with E-state index in [0.29, 0.717) is 0 Å². The maximum absolute atomic E-state index is 13.0. The number of benzene rings is 1. The first kappa shape index (κ1) is 16.7. The highest BCUT2D eigenvalue weighted by Crippen LogP contribution is 2.21. The van der Waals surface area contributed by atoms with Crippen LogP contribution in [0.3, 0.4) is 0 Å². The van der Waals surface area contributed by atoms with E-state index < -0.39 is 0 Å². The van der Waals surface area contributed by atoms with Crippen LogP contribution in [0.2, 0.25) is 0 Å². The Morgan fingerprint density at radius 1 is 1.42 bits per heavy atom. The van der Waals surface area contributed by atoms with E-state index in [0.717, 1.165) is 43.0 Å². The van der Waals surface area contributed by atoms with Crippen molar-refractivity contribution >= 4 is 5.91 Å². The van der Waals surface area contributed by atoms with Gasteiger partial charge in [-0.1, -0.05) is 37.3 Å². The molecule has 0 radical (unpaired) electrons. The summed E-state index contributed by atoms with van der Waals surface area (Å²) in [7, 11) is 2.00. The number of hydrogen-bond acceptors (Lipinski definition) is 3. The Balaban J connectivity index is 1.72. The molecule has 24 heavy (non-hydrogen) atoms. The third kappa shape index (κ3) is 3.51. The molecule has 0 bridgehead atoms. The summed E-state index contributed by atoms with van der Waals surface area (Å²) in [4.78, 5) is 19.6. The van der Waals surface area contributed by atoms with Gasteiger partial charge in [-0.3, -0.25) is 9.69 Å². The fraction of sp³-hybridized carbons (Fsp3) is 0.474. The Morgan fingerprint density at radius 2 is 2.17 bits per heavy atom. The highest BCUT2D eigenvalue weighted by molar-refractivity contribution is 5.83. The van der Waals surface area contributed by atoms with E-state index in [9.17, 15) is 4.79 Å². The van der Waals surface area contributed by atoms with Crippen LogP contribution in [0.5, 0.6) is 0 Å². The topological polar surface area (TPSA) is 50.2 Å². The zero-order valence-corrected chi connectivity index (χ0v) is 14.7. The van der Waals surface area contributed by atoms with E-state index in [2.05, 4.69) is 32.9 Å². The van der Waals surface area contributed by atoms with Gasteiger partial charge in [0, 0.05) is 25.2 Å². The van der Waals surface area contributed by atoms with Crippen LogP contribution in [-0.2, 0) is 17.8 Å². The molecule has 128 valence electrons. The van der Waals surface area contributed by atoms with Crippen LogP contribution in [0.15, 0.2) is 36.5 Å². The number of hydrogen-bond donors (Lipinski definition) is 1. The number of amides is 1. The number of nitrogens with zero attached hydrogens (tertiary/aromatic N) is 3. The second kappa shape index (κ2) is 7.18. The summed E-state index contributed by atoms with van der Waals surface area (Å²) in [6.07, 6.45) is 3.93. The minimum Gasteiger partial charge on any atom is -0.350 e. The van der Waals surface area contributed by atoms with Gasteiger partial charge in [0.25, 0.3) is 0 Å². The molecular weight excluding hydrogens is 300 g/mol. The Kier molecular flexibility index (Phi) is 5.00. The Hall–Kier alpha value is -2.14. The van der Waals surface area contributed by atoms with Crippen molar-refractivity contribution in [3.05, 3.63) is 53.6 Å². The number of rotatable bonds is 5. The molecule has 2 unspecified atom stereocenters. The zero-order chi connectivity index (χ0) is 17.1. The highest BCUT2D eigenvalue weighted by atomic mass is 16.2. The molecule has 1 aliphatic rings. The molecule has 1 N–H and O–H groups in total. The van der Waals surface area contributed by atoms with Gasteiger partial charge in [-0.25, -0.2) is 4.98 Å². The van der Waals surface area contributed by atoms with Crippen molar-refractivity contribution in [2.45, 2.75) is 45.3 Å². The number of nitrogens with one attached hydrogen (secondary N) is 1. The molecule has 0 fully saturated rings.